The SMILES string of the molecule is C(#Cc1ccsc1)c1[c]nccc1. The lowest BCUT2D eigenvalue weighted by Gasteiger charge is -1.83. The maximum atomic E-state index is 3.86. The monoisotopic (exact) mass is 184 g/mol. The minimum atomic E-state index is 0.828. The summed E-state index contributed by atoms with van der Waals surface area (Å²) in [6.45, 7) is 0. The van der Waals surface area contributed by atoms with Crippen molar-refractivity contribution in [3.05, 3.63) is 52.5 Å². The van der Waals surface area contributed by atoms with E-state index in [2.05, 4.69) is 23.0 Å². The predicted octanol–water partition coefficient (Wildman–Crippen LogP) is 2.34. The second kappa shape index (κ2) is 3.88. The summed E-state index contributed by atoms with van der Waals surface area (Å²) < 4.78 is 0. The standard InChI is InChI=1S/C11H6NS/c1-2-10(8-12-6-1)3-4-11-5-7-13-9-11/h1-2,5-7,9H. The van der Waals surface area contributed by atoms with Crippen molar-refractivity contribution in [2.75, 3.05) is 0 Å². The van der Waals surface area contributed by atoms with Gasteiger partial charge in [0.05, 0.1) is 5.56 Å². The molecule has 2 aromatic rings. The molecule has 0 spiro atoms. The van der Waals surface area contributed by atoms with Crippen LogP contribution in [0.4, 0.5) is 0 Å². The Labute approximate surface area is 81.1 Å². The molecule has 13 heavy (non-hydrogen) atoms. The van der Waals surface area contributed by atoms with Gasteiger partial charge in [0.2, 0.25) is 0 Å². The first kappa shape index (κ1) is 8.03. The normalized spacial score (nSPS) is 8.92. The van der Waals surface area contributed by atoms with Gasteiger partial charge in [0.25, 0.3) is 0 Å². The van der Waals surface area contributed by atoms with Crippen molar-refractivity contribution in [3.63, 3.8) is 0 Å². The quantitative estimate of drug-likeness (QED) is 0.573. The summed E-state index contributed by atoms with van der Waals surface area (Å²) in [5.41, 5.74) is 1.87. The third kappa shape index (κ3) is 2.17. The number of hydrogen-bond donors (Lipinski definition) is 0. The predicted molar refractivity (Wildman–Crippen MR) is 53.4 cm³/mol. The molecule has 0 saturated carbocycles. The van der Waals surface area contributed by atoms with Crippen LogP contribution in [-0.4, -0.2) is 4.98 Å². The van der Waals surface area contributed by atoms with E-state index in [-0.39, 0.29) is 0 Å². The Balaban J connectivity index is 2.23. The van der Waals surface area contributed by atoms with Crippen LogP contribution in [0.2, 0.25) is 0 Å². The molecule has 2 aromatic heterocycles. The van der Waals surface area contributed by atoms with E-state index in [1.54, 1.807) is 17.5 Å². The van der Waals surface area contributed by atoms with Crippen LogP contribution in [0.5, 0.6) is 0 Å². The van der Waals surface area contributed by atoms with Gasteiger partial charge in [-0.3, -0.25) is 4.98 Å². The summed E-state index contributed by atoms with van der Waals surface area (Å²) in [4.78, 5) is 3.86. The van der Waals surface area contributed by atoms with Crippen LogP contribution < -0.4 is 0 Å². The van der Waals surface area contributed by atoms with Gasteiger partial charge >= 0.3 is 0 Å². The third-order valence-corrected chi connectivity index (χ3v) is 2.15. The molecule has 0 aliphatic heterocycles. The van der Waals surface area contributed by atoms with E-state index in [0.717, 1.165) is 11.1 Å². The molecule has 1 nitrogen and oxygen atoms in total. The molecule has 2 heterocycles. The summed E-state index contributed by atoms with van der Waals surface area (Å²) in [6, 6.07) is 5.74. The summed E-state index contributed by atoms with van der Waals surface area (Å²) in [7, 11) is 0. The maximum absolute atomic E-state index is 3.86. The van der Waals surface area contributed by atoms with Crippen LogP contribution in [0.3, 0.4) is 0 Å². The molecule has 0 aliphatic carbocycles. The van der Waals surface area contributed by atoms with Crippen molar-refractivity contribution in [2.24, 2.45) is 0 Å². The molecule has 2 rings (SSSR count). The molecule has 0 aliphatic rings. The number of thiophene rings is 1. The summed E-state index contributed by atoms with van der Waals surface area (Å²) in [5.74, 6) is 6.02. The molecule has 0 amide bonds. The molecule has 0 unspecified atom stereocenters. The molecule has 0 saturated heterocycles. The highest BCUT2D eigenvalue weighted by molar-refractivity contribution is 7.08. The van der Waals surface area contributed by atoms with Crippen LogP contribution in [0.25, 0.3) is 0 Å². The molecule has 0 N–H and O–H groups in total. The number of aromatic nitrogens is 1. The first-order valence-electron chi connectivity index (χ1n) is 3.82. The van der Waals surface area contributed by atoms with Gasteiger partial charge in [-0.05, 0) is 23.6 Å². The first-order valence-corrected chi connectivity index (χ1v) is 4.76. The summed E-state index contributed by atoms with van der Waals surface area (Å²) in [6.07, 6.45) is 4.50. The van der Waals surface area contributed by atoms with E-state index in [4.69, 9.17) is 0 Å². The molecule has 0 aromatic carbocycles. The molecule has 0 fully saturated rings. The van der Waals surface area contributed by atoms with Crippen molar-refractivity contribution in [3.8, 4) is 11.8 Å². The maximum Gasteiger partial charge on any atom is 0.105 e. The molecular weight excluding hydrogens is 178 g/mol. The Morgan fingerprint density at radius 3 is 3.00 bits per heavy atom. The van der Waals surface area contributed by atoms with Crippen LogP contribution in [-0.2, 0) is 0 Å². The highest BCUT2D eigenvalue weighted by Gasteiger charge is 1.85. The lowest BCUT2D eigenvalue weighted by Crippen LogP contribution is -1.75. The first-order chi connectivity index (χ1) is 6.45. The lowest BCUT2D eigenvalue weighted by molar-refractivity contribution is 1.30. The fourth-order valence-corrected chi connectivity index (χ4v) is 1.46. The zero-order valence-electron chi connectivity index (χ0n) is 6.82. The second-order valence-corrected chi connectivity index (χ2v) is 3.20. The van der Waals surface area contributed by atoms with Crippen molar-refractivity contribution < 1.29 is 0 Å². The van der Waals surface area contributed by atoms with Crippen LogP contribution in [0, 0.1) is 18.0 Å². The topological polar surface area (TPSA) is 12.9 Å². The van der Waals surface area contributed by atoms with Gasteiger partial charge in [-0.25, -0.2) is 0 Å². The smallest absolute Gasteiger partial charge is 0.105 e. The average molecular weight is 184 g/mol. The molecule has 2 heteroatoms. The highest BCUT2D eigenvalue weighted by atomic mass is 32.1. The van der Waals surface area contributed by atoms with Crippen LogP contribution in [0.1, 0.15) is 11.1 Å². The van der Waals surface area contributed by atoms with Crippen LogP contribution in [0.15, 0.2) is 35.2 Å². The zero-order chi connectivity index (χ0) is 8.93. The number of nitrogens with zero attached hydrogens (tertiary/aromatic N) is 1. The van der Waals surface area contributed by atoms with Crippen molar-refractivity contribution in [2.45, 2.75) is 0 Å². The molecule has 61 valence electrons. The van der Waals surface area contributed by atoms with E-state index in [1.165, 1.54) is 0 Å². The number of pyridine rings is 1. The van der Waals surface area contributed by atoms with E-state index in [0.29, 0.717) is 0 Å². The van der Waals surface area contributed by atoms with Crippen molar-refractivity contribution in [1.29, 1.82) is 0 Å². The van der Waals surface area contributed by atoms with Crippen LogP contribution >= 0.6 is 11.3 Å². The summed E-state index contributed by atoms with van der Waals surface area (Å²) in [5, 5.41) is 4.03. The fourth-order valence-electron chi connectivity index (χ4n) is 0.871. The van der Waals surface area contributed by atoms with Gasteiger partial charge in [-0.2, -0.15) is 11.3 Å². The molecule has 0 bridgehead atoms. The largest absolute Gasteiger partial charge is 0.253 e. The minimum Gasteiger partial charge on any atom is -0.253 e. The van der Waals surface area contributed by atoms with Crippen molar-refractivity contribution >= 4 is 11.3 Å². The van der Waals surface area contributed by atoms with E-state index >= 15 is 0 Å². The molecule has 1 radical (unpaired) electrons. The van der Waals surface area contributed by atoms with Gasteiger partial charge in [-0.15, -0.1) is 0 Å². The van der Waals surface area contributed by atoms with E-state index in [9.17, 15) is 0 Å². The Hall–Kier alpha value is -1.59. The number of hydrogen-bond acceptors (Lipinski definition) is 2. The lowest BCUT2D eigenvalue weighted by atomic mass is 10.2. The second-order valence-electron chi connectivity index (χ2n) is 2.42. The molecular formula is C11H6NS. The van der Waals surface area contributed by atoms with Gasteiger partial charge in [0.1, 0.15) is 6.20 Å². The Kier molecular flexibility index (Phi) is 2.40. The Morgan fingerprint density at radius 1 is 1.31 bits per heavy atom. The summed E-state index contributed by atoms with van der Waals surface area (Å²) >= 11 is 1.65. The Bertz CT molecular complexity index is 420. The fraction of sp³-hybridized carbons (Fsp3) is 0. The Morgan fingerprint density at radius 2 is 2.31 bits per heavy atom. The highest BCUT2D eigenvalue weighted by Crippen LogP contribution is 2.03. The minimum absolute atomic E-state index is 0.828. The average Bonchev–Trinajstić information content (AvgIpc) is 2.69. The van der Waals surface area contributed by atoms with Gasteiger partial charge < -0.3 is 0 Å². The number of rotatable bonds is 0. The third-order valence-electron chi connectivity index (χ3n) is 1.47. The van der Waals surface area contributed by atoms with Gasteiger partial charge in [0.15, 0.2) is 0 Å². The van der Waals surface area contributed by atoms with Gasteiger partial charge in [-0.1, -0.05) is 11.8 Å². The van der Waals surface area contributed by atoms with Gasteiger partial charge in [0, 0.05) is 17.1 Å². The van der Waals surface area contributed by atoms with Crippen molar-refractivity contribution in [1.82, 2.24) is 4.98 Å². The zero-order valence-corrected chi connectivity index (χ0v) is 7.64. The van der Waals surface area contributed by atoms with E-state index in [1.807, 2.05) is 29.0 Å². The van der Waals surface area contributed by atoms with E-state index < -0.39 is 0 Å². The molecule has 0 atom stereocenters.